The monoisotopic (exact) mass is 284 g/mol. The van der Waals surface area contributed by atoms with E-state index in [2.05, 4.69) is 30.2 Å². The first-order chi connectivity index (χ1) is 8.36. The summed E-state index contributed by atoms with van der Waals surface area (Å²) >= 11 is 1.82. The zero-order valence-electron chi connectivity index (χ0n) is 9.80. The Morgan fingerprint density at radius 1 is 1.24 bits per heavy atom. The summed E-state index contributed by atoms with van der Waals surface area (Å²) in [6, 6.07) is 8.13. The Balaban J connectivity index is 2.18. The van der Waals surface area contributed by atoms with Crippen molar-refractivity contribution < 1.29 is 4.74 Å². The van der Waals surface area contributed by atoms with Gasteiger partial charge in [0.25, 0.3) is 0 Å². The van der Waals surface area contributed by atoms with Crippen LogP contribution in [0.4, 0.5) is 0 Å². The molecule has 0 bridgehead atoms. The zero-order chi connectivity index (χ0) is 12.3. The van der Waals surface area contributed by atoms with Crippen LogP contribution in [0.5, 0.6) is 5.75 Å². The maximum atomic E-state index is 5.11. The molecule has 0 fully saturated rings. The standard InChI is InChI=1S/C13H16OS3/c1-3-9-16-17-11-4-10-15-13-7-5-12(14-2)6-8-13/h3-8,11H,1,9-10H2,2H3/b11-4-. The molecule has 0 aliphatic heterocycles. The van der Waals surface area contributed by atoms with Crippen molar-refractivity contribution >= 4 is 33.3 Å². The molecule has 17 heavy (non-hydrogen) atoms. The molecule has 4 heteroatoms. The highest BCUT2D eigenvalue weighted by molar-refractivity contribution is 8.77. The summed E-state index contributed by atoms with van der Waals surface area (Å²) in [7, 11) is 5.22. The van der Waals surface area contributed by atoms with Crippen molar-refractivity contribution in [2.24, 2.45) is 0 Å². The first kappa shape index (κ1) is 14.6. The summed E-state index contributed by atoms with van der Waals surface area (Å²) in [6.07, 6.45) is 4.09. The number of thioether (sulfide) groups is 1. The molecular weight excluding hydrogens is 268 g/mol. The van der Waals surface area contributed by atoms with Gasteiger partial charge < -0.3 is 4.74 Å². The molecule has 1 nitrogen and oxygen atoms in total. The maximum Gasteiger partial charge on any atom is 0.118 e. The van der Waals surface area contributed by atoms with Gasteiger partial charge in [-0.15, -0.1) is 18.3 Å². The molecule has 1 aromatic carbocycles. The van der Waals surface area contributed by atoms with E-state index in [1.54, 1.807) is 28.7 Å². The van der Waals surface area contributed by atoms with Crippen LogP contribution in [-0.4, -0.2) is 18.6 Å². The Kier molecular flexibility index (Phi) is 8.22. The van der Waals surface area contributed by atoms with Crippen LogP contribution < -0.4 is 4.74 Å². The summed E-state index contributed by atoms with van der Waals surface area (Å²) in [4.78, 5) is 1.26. The van der Waals surface area contributed by atoms with E-state index in [4.69, 9.17) is 4.74 Å². The maximum absolute atomic E-state index is 5.11. The lowest BCUT2D eigenvalue weighted by Gasteiger charge is -2.01. The number of hydrogen-bond donors (Lipinski definition) is 0. The van der Waals surface area contributed by atoms with Gasteiger partial charge in [-0.3, -0.25) is 0 Å². The van der Waals surface area contributed by atoms with Crippen molar-refractivity contribution in [1.82, 2.24) is 0 Å². The van der Waals surface area contributed by atoms with Crippen molar-refractivity contribution in [2.75, 3.05) is 18.6 Å². The third-order valence-corrected chi connectivity index (χ3v) is 4.74. The third-order valence-electron chi connectivity index (χ3n) is 1.81. The molecule has 0 radical (unpaired) electrons. The molecule has 0 unspecified atom stereocenters. The Morgan fingerprint density at radius 2 is 2.00 bits per heavy atom. The van der Waals surface area contributed by atoms with Crippen molar-refractivity contribution in [1.29, 1.82) is 0 Å². The molecule has 0 aromatic heterocycles. The zero-order valence-corrected chi connectivity index (χ0v) is 12.2. The van der Waals surface area contributed by atoms with Crippen LogP contribution >= 0.6 is 33.3 Å². The minimum atomic E-state index is 0.904. The Morgan fingerprint density at radius 3 is 2.65 bits per heavy atom. The van der Waals surface area contributed by atoms with Crippen LogP contribution in [0.25, 0.3) is 0 Å². The fraction of sp³-hybridized carbons (Fsp3) is 0.231. The van der Waals surface area contributed by atoms with Crippen molar-refractivity contribution in [3.8, 4) is 5.75 Å². The van der Waals surface area contributed by atoms with E-state index in [0.29, 0.717) is 0 Å². The lowest BCUT2D eigenvalue weighted by atomic mass is 10.3. The van der Waals surface area contributed by atoms with Gasteiger partial charge in [-0.25, -0.2) is 0 Å². The smallest absolute Gasteiger partial charge is 0.118 e. The van der Waals surface area contributed by atoms with Crippen molar-refractivity contribution in [3.63, 3.8) is 0 Å². The van der Waals surface area contributed by atoms with Gasteiger partial charge in [-0.1, -0.05) is 33.7 Å². The molecule has 0 spiro atoms. The van der Waals surface area contributed by atoms with Crippen LogP contribution in [0.2, 0.25) is 0 Å². The van der Waals surface area contributed by atoms with Crippen molar-refractivity contribution in [2.45, 2.75) is 4.90 Å². The molecule has 0 saturated carbocycles. The highest BCUT2D eigenvalue weighted by atomic mass is 33.1. The summed E-state index contributed by atoms with van der Waals surface area (Å²) in [5.74, 6) is 2.88. The van der Waals surface area contributed by atoms with Crippen molar-refractivity contribution in [3.05, 3.63) is 48.4 Å². The van der Waals surface area contributed by atoms with Gasteiger partial charge >= 0.3 is 0 Å². The average molecular weight is 284 g/mol. The quantitative estimate of drug-likeness (QED) is 0.291. The first-order valence-corrected chi connectivity index (χ1v) is 8.54. The van der Waals surface area contributed by atoms with Gasteiger partial charge in [0.1, 0.15) is 5.75 Å². The first-order valence-electron chi connectivity index (χ1n) is 5.18. The predicted molar refractivity (Wildman–Crippen MR) is 83.1 cm³/mol. The minimum absolute atomic E-state index is 0.904. The molecule has 92 valence electrons. The average Bonchev–Trinajstić information content (AvgIpc) is 2.38. The van der Waals surface area contributed by atoms with Crippen LogP contribution in [0.15, 0.2) is 53.3 Å². The van der Waals surface area contributed by atoms with Crippen LogP contribution in [0.1, 0.15) is 0 Å². The molecule has 0 N–H and O–H groups in total. The van der Waals surface area contributed by atoms with E-state index in [1.807, 2.05) is 30.0 Å². The second kappa shape index (κ2) is 9.57. The molecule has 1 rings (SSSR count). The highest BCUT2D eigenvalue weighted by Crippen LogP contribution is 2.24. The lowest BCUT2D eigenvalue weighted by molar-refractivity contribution is 0.414. The van der Waals surface area contributed by atoms with Gasteiger partial charge in [0.05, 0.1) is 7.11 Å². The Hall–Kier alpha value is -0.450. The number of rotatable bonds is 8. The van der Waals surface area contributed by atoms with E-state index >= 15 is 0 Å². The van der Waals surface area contributed by atoms with Crippen LogP contribution in [-0.2, 0) is 0 Å². The lowest BCUT2D eigenvalue weighted by Crippen LogP contribution is -1.81. The van der Waals surface area contributed by atoms with E-state index in [9.17, 15) is 0 Å². The van der Waals surface area contributed by atoms with Gasteiger partial charge in [0, 0.05) is 16.4 Å². The summed E-state index contributed by atoms with van der Waals surface area (Å²) in [6.45, 7) is 3.68. The fourth-order valence-corrected chi connectivity index (χ4v) is 3.28. The normalized spacial score (nSPS) is 10.6. The second-order valence-corrected chi connectivity index (χ2v) is 6.44. The fourth-order valence-electron chi connectivity index (χ4n) is 1.02. The number of ether oxygens (including phenoxy) is 1. The molecule has 1 aromatic rings. The second-order valence-electron chi connectivity index (χ2n) is 3.03. The molecule has 0 aliphatic carbocycles. The van der Waals surface area contributed by atoms with Crippen LogP contribution in [0, 0.1) is 0 Å². The van der Waals surface area contributed by atoms with E-state index in [-0.39, 0.29) is 0 Å². The Bertz CT molecular complexity index is 346. The predicted octanol–water partition coefficient (Wildman–Crippen LogP) is 4.87. The van der Waals surface area contributed by atoms with E-state index < -0.39 is 0 Å². The summed E-state index contributed by atoms with van der Waals surface area (Å²) in [5.41, 5.74) is 0. The number of benzene rings is 1. The highest BCUT2D eigenvalue weighted by Gasteiger charge is 1.93. The van der Waals surface area contributed by atoms with E-state index in [1.165, 1.54) is 4.90 Å². The van der Waals surface area contributed by atoms with Gasteiger partial charge in [-0.2, -0.15) is 0 Å². The number of methoxy groups -OCH3 is 1. The molecule has 0 saturated heterocycles. The largest absolute Gasteiger partial charge is 0.497 e. The summed E-state index contributed by atoms with van der Waals surface area (Å²) < 4.78 is 5.11. The van der Waals surface area contributed by atoms with Crippen LogP contribution in [0.3, 0.4) is 0 Å². The summed E-state index contributed by atoms with van der Waals surface area (Å²) in [5, 5.41) is 2.13. The molecular formula is C13H16OS3. The molecule has 0 heterocycles. The van der Waals surface area contributed by atoms with Gasteiger partial charge in [0.15, 0.2) is 0 Å². The Labute approximate surface area is 115 Å². The third kappa shape index (κ3) is 6.76. The molecule has 0 aliphatic rings. The SMILES string of the molecule is C=CCSS/C=C\CSc1ccc(OC)cc1. The topological polar surface area (TPSA) is 9.23 Å². The minimum Gasteiger partial charge on any atom is -0.497 e. The van der Waals surface area contributed by atoms with Gasteiger partial charge in [0.2, 0.25) is 0 Å². The molecule has 0 amide bonds. The number of hydrogen-bond acceptors (Lipinski definition) is 4. The van der Waals surface area contributed by atoms with Gasteiger partial charge in [-0.05, 0) is 29.7 Å². The van der Waals surface area contributed by atoms with E-state index in [0.717, 1.165) is 17.3 Å². The molecule has 0 atom stereocenters.